The second-order valence-electron chi connectivity index (χ2n) is 8.65. The van der Waals surface area contributed by atoms with E-state index in [1.165, 1.54) is 11.3 Å². The molecule has 5 rings (SSSR count). The third-order valence-electron chi connectivity index (χ3n) is 6.57. The molecule has 0 unspecified atom stereocenters. The number of nitrogens with zero attached hydrogens (tertiary/aromatic N) is 3. The molecule has 2 N–H and O–H groups in total. The molecule has 4 aromatic rings. The van der Waals surface area contributed by atoms with Crippen LogP contribution in [-0.2, 0) is 18.3 Å². The van der Waals surface area contributed by atoms with E-state index in [4.69, 9.17) is 0 Å². The number of aromatic nitrogens is 2. The van der Waals surface area contributed by atoms with Crippen molar-refractivity contribution in [1.29, 1.82) is 0 Å². The zero-order valence-electron chi connectivity index (χ0n) is 18.7. The SMILES string of the molecule is Cc1nc2cc(NC(=O)CN3CCC[C@H]3Cc3c(C(=O)O)sc4ccccc34)ccc2n1C. The Bertz CT molecular complexity index is 1370. The van der Waals surface area contributed by atoms with Crippen LogP contribution < -0.4 is 5.32 Å². The van der Waals surface area contributed by atoms with Crippen molar-refractivity contribution in [3.8, 4) is 0 Å². The minimum Gasteiger partial charge on any atom is -0.477 e. The van der Waals surface area contributed by atoms with Gasteiger partial charge in [0.2, 0.25) is 5.91 Å². The number of rotatable bonds is 6. The second kappa shape index (κ2) is 8.61. The van der Waals surface area contributed by atoms with Crippen LogP contribution in [0.5, 0.6) is 0 Å². The van der Waals surface area contributed by atoms with E-state index in [2.05, 4.69) is 15.2 Å². The van der Waals surface area contributed by atoms with Gasteiger partial charge in [-0.05, 0) is 67.9 Å². The van der Waals surface area contributed by atoms with Crippen LogP contribution in [-0.4, -0.2) is 50.6 Å². The molecule has 1 aliphatic rings. The van der Waals surface area contributed by atoms with Gasteiger partial charge in [-0.15, -0.1) is 11.3 Å². The maximum Gasteiger partial charge on any atom is 0.346 e. The topological polar surface area (TPSA) is 87.5 Å². The van der Waals surface area contributed by atoms with E-state index in [1.807, 2.05) is 61.0 Å². The fourth-order valence-electron chi connectivity index (χ4n) is 4.83. The van der Waals surface area contributed by atoms with Crippen LogP contribution in [0.4, 0.5) is 5.69 Å². The number of aromatic carboxylic acids is 1. The van der Waals surface area contributed by atoms with Crippen molar-refractivity contribution < 1.29 is 14.7 Å². The molecule has 0 saturated carbocycles. The maximum atomic E-state index is 12.8. The smallest absolute Gasteiger partial charge is 0.346 e. The van der Waals surface area contributed by atoms with Crippen molar-refractivity contribution in [3.05, 3.63) is 58.7 Å². The quantitative estimate of drug-likeness (QED) is 0.442. The van der Waals surface area contributed by atoms with Crippen LogP contribution in [0, 0.1) is 6.92 Å². The number of carbonyl (C=O) groups excluding carboxylic acids is 1. The highest BCUT2D eigenvalue weighted by atomic mass is 32.1. The van der Waals surface area contributed by atoms with Crippen LogP contribution in [0.25, 0.3) is 21.1 Å². The number of carbonyl (C=O) groups is 2. The lowest BCUT2D eigenvalue weighted by molar-refractivity contribution is -0.117. The van der Waals surface area contributed by atoms with Gasteiger partial charge in [0.05, 0.1) is 17.6 Å². The molecule has 0 radical (unpaired) electrons. The number of anilines is 1. The van der Waals surface area contributed by atoms with E-state index in [-0.39, 0.29) is 18.5 Å². The molecule has 3 heterocycles. The van der Waals surface area contributed by atoms with Crippen LogP contribution in [0.1, 0.15) is 33.9 Å². The summed E-state index contributed by atoms with van der Waals surface area (Å²) in [6.07, 6.45) is 2.59. The van der Waals surface area contributed by atoms with Crippen molar-refractivity contribution in [2.75, 3.05) is 18.4 Å². The molecule has 0 bridgehead atoms. The fraction of sp³-hybridized carbons (Fsp3) is 0.320. The highest BCUT2D eigenvalue weighted by Crippen LogP contribution is 2.34. The van der Waals surface area contributed by atoms with Gasteiger partial charge in [0.25, 0.3) is 0 Å². The zero-order chi connectivity index (χ0) is 23.1. The predicted molar refractivity (Wildman–Crippen MR) is 131 cm³/mol. The van der Waals surface area contributed by atoms with E-state index in [0.717, 1.165) is 57.6 Å². The number of hydrogen-bond acceptors (Lipinski definition) is 5. The van der Waals surface area contributed by atoms with E-state index in [1.54, 1.807) is 0 Å². The molecule has 170 valence electrons. The van der Waals surface area contributed by atoms with Gasteiger partial charge in [-0.1, -0.05) is 18.2 Å². The van der Waals surface area contributed by atoms with Gasteiger partial charge in [0, 0.05) is 23.5 Å². The highest BCUT2D eigenvalue weighted by Gasteiger charge is 2.29. The first kappa shape index (κ1) is 21.6. The summed E-state index contributed by atoms with van der Waals surface area (Å²) in [5.41, 5.74) is 3.51. The maximum absolute atomic E-state index is 12.8. The Kier molecular flexibility index (Phi) is 5.64. The molecule has 1 saturated heterocycles. The third kappa shape index (κ3) is 4.12. The van der Waals surface area contributed by atoms with Crippen LogP contribution in [0.15, 0.2) is 42.5 Å². The average molecular weight is 463 g/mol. The number of carboxylic acid groups (broad SMARTS) is 1. The summed E-state index contributed by atoms with van der Waals surface area (Å²) >= 11 is 1.33. The molecular weight excluding hydrogens is 436 g/mol. The van der Waals surface area contributed by atoms with E-state index in [9.17, 15) is 14.7 Å². The number of fused-ring (bicyclic) bond motifs is 2. The number of nitrogens with one attached hydrogen (secondary N) is 1. The Hall–Kier alpha value is -3.23. The fourth-order valence-corrected chi connectivity index (χ4v) is 5.90. The molecule has 1 fully saturated rings. The van der Waals surface area contributed by atoms with E-state index < -0.39 is 5.97 Å². The van der Waals surface area contributed by atoms with E-state index >= 15 is 0 Å². The molecule has 1 aliphatic heterocycles. The number of carboxylic acids is 1. The zero-order valence-corrected chi connectivity index (χ0v) is 19.5. The third-order valence-corrected chi connectivity index (χ3v) is 7.77. The number of benzene rings is 2. The molecule has 33 heavy (non-hydrogen) atoms. The first-order chi connectivity index (χ1) is 15.9. The summed E-state index contributed by atoms with van der Waals surface area (Å²) in [5, 5.41) is 13.8. The molecule has 0 aliphatic carbocycles. The Labute approximate surface area is 195 Å². The average Bonchev–Trinajstić information content (AvgIpc) is 3.45. The molecule has 1 amide bonds. The predicted octanol–water partition coefficient (Wildman–Crippen LogP) is 4.44. The van der Waals surface area contributed by atoms with Gasteiger partial charge in [0.15, 0.2) is 0 Å². The summed E-state index contributed by atoms with van der Waals surface area (Å²) in [4.78, 5) is 31.8. The van der Waals surface area contributed by atoms with Crippen molar-refractivity contribution in [2.45, 2.75) is 32.2 Å². The minimum absolute atomic E-state index is 0.0671. The minimum atomic E-state index is -0.881. The van der Waals surface area contributed by atoms with Gasteiger partial charge in [-0.3, -0.25) is 9.69 Å². The monoisotopic (exact) mass is 462 g/mol. The first-order valence-electron chi connectivity index (χ1n) is 11.1. The summed E-state index contributed by atoms with van der Waals surface area (Å²) in [5.74, 6) is -0.0220. The Morgan fingerprint density at radius 1 is 1.24 bits per heavy atom. The number of aryl methyl sites for hydroxylation is 2. The van der Waals surface area contributed by atoms with Crippen molar-refractivity contribution in [2.24, 2.45) is 7.05 Å². The Morgan fingerprint density at radius 3 is 2.88 bits per heavy atom. The highest BCUT2D eigenvalue weighted by molar-refractivity contribution is 7.21. The van der Waals surface area contributed by atoms with Crippen LogP contribution in [0.2, 0.25) is 0 Å². The molecular formula is C25H26N4O3S. The number of likely N-dealkylation sites (tertiary alicyclic amines) is 1. The Morgan fingerprint density at radius 2 is 2.06 bits per heavy atom. The number of hydrogen-bond donors (Lipinski definition) is 2. The van der Waals surface area contributed by atoms with Gasteiger partial charge in [0.1, 0.15) is 10.7 Å². The largest absolute Gasteiger partial charge is 0.477 e. The molecule has 7 nitrogen and oxygen atoms in total. The van der Waals surface area contributed by atoms with Gasteiger partial charge in [-0.2, -0.15) is 0 Å². The number of thiophene rings is 1. The summed E-state index contributed by atoms with van der Waals surface area (Å²) in [7, 11) is 1.98. The lowest BCUT2D eigenvalue weighted by atomic mass is 10.0. The number of imidazole rings is 1. The summed E-state index contributed by atoms with van der Waals surface area (Å²) in [6, 6.07) is 13.8. The first-order valence-corrected chi connectivity index (χ1v) is 11.9. The molecule has 1 atom stereocenters. The molecule has 0 spiro atoms. The molecule has 2 aromatic carbocycles. The van der Waals surface area contributed by atoms with Crippen molar-refractivity contribution in [1.82, 2.24) is 14.5 Å². The lowest BCUT2D eigenvalue weighted by Crippen LogP contribution is -2.38. The normalized spacial score (nSPS) is 16.6. The van der Waals surface area contributed by atoms with Crippen molar-refractivity contribution >= 4 is 50.0 Å². The van der Waals surface area contributed by atoms with Crippen LogP contribution in [0.3, 0.4) is 0 Å². The van der Waals surface area contributed by atoms with Gasteiger partial charge >= 0.3 is 5.97 Å². The van der Waals surface area contributed by atoms with Gasteiger partial charge < -0.3 is 15.0 Å². The van der Waals surface area contributed by atoms with Crippen LogP contribution >= 0.6 is 11.3 Å². The van der Waals surface area contributed by atoms with Crippen molar-refractivity contribution in [3.63, 3.8) is 0 Å². The van der Waals surface area contributed by atoms with Gasteiger partial charge in [-0.25, -0.2) is 9.78 Å². The Balaban J connectivity index is 1.31. The standard InChI is InChI=1S/C25H26N4O3S/c1-15-26-20-12-16(9-10-21(20)28(15)2)27-23(30)14-29-11-5-6-17(29)13-19-18-7-3-4-8-22(18)33-24(19)25(31)32/h3-4,7-10,12,17H,5-6,11,13-14H2,1-2H3,(H,27,30)(H,31,32)/t17-/m0/s1. The number of amides is 1. The van der Waals surface area contributed by atoms with E-state index in [0.29, 0.717) is 11.3 Å². The second-order valence-corrected chi connectivity index (χ2v) is 9.70. The summed E-state index contributed by atoms with van der Waals surface area (Å²) in [6.45, 7) is 3.08. The molecule has 2 aromatic heterocycles. The molecule has 8 heteroatoms. The lowest BCUT2D eigenvalue weighted by Gasteiger charge is -2.24. The summed E-state index contributed by atoms with van der Waals surface area (Å²) < 4.78 is 3.02.